The monoisotopic (exact) mass is 1700 g/mol. The third-order valence-corrected chi connectivity index (χ3v) is 23.3. The minimum atomic E-state index is -2.32. The van der Waals surface area contributed by atoms with Crippen LogP contribution in [0.1, 0.15) is 190 Å². The second kappa shape index (κ2) is 53.0. The van der Waals surface area contributed by atoms with Gasteiger partial charge in [0.05, 0.1) is 0 Å². The number of likely N-dealkylation sites (tertiary alicyclic amines) is 5. The lowest BCUT2D eigenvalue weighted by Gasteiger charge is -2.38. The predicted molar refractivity (Wildman–Crippen MR) is 519 cm³/mol. The molecule has 5 heterocycles. The van der Waals surface area contributed by atoms with Crippen LogP contribution in [0.15, 0.2) is 303 Å². The van der Waals surface area contributed by atoms with E-state index in [-0.39, 0.29) is 67.2 Å². The molecule has 15 heteroatoms. The highest BCUT2D eigenvalue weighted by molar-refractivity contribution is 5.96. The van der Waals surface area contributed by atoms with Gasteiger partial charge in [0.15, 0.2) is 0 Å². The Labute approximate surface area is 781 Å². The van der Waals surface area contributed by atoms with E-state index in [0.717, 1.165) is 50.1 Å². The molecule has 125 heavy (non-hydrogen) atoms. The minimum absolute atomic E-state index is 0.0465. The Morgan fingerprint density at radius 1 is 0.256 bits per heavy atom. The molecule has 0 radical (unpaired) electrons. The highest BCUT2D eigenvalue weighted by Gasteiger charge is 2.34. The zero-order chi connectivity index (χ0) is 107. The van der Waals surface area contributed by atoms with Crippen molar-refractivity contribution in [2.75, 3.05) is 123 Å². The number of amides is 5. The van der Waals surface area contributed by atoms with Crippen LogP contribution in [-0.4, -0.2) is 182 Å². The molecule has 660 valence electrons. The first kappa shape index (κ1) is 67.7. The van der Waals surface area contributed by atoms with Gasteiger partial charge in [0.1, 0.15) is 0 Å². The lowest BCUT2D eigenvalue weighted by Crippen LogP contribution is -2.47. The molecule has 0 unspecified atom stereocenters. The van der Waals surface area contributed by atoms with Gasteiger partial charge in [-0.3, -0.25) is 24.0 Å². The fourth-order valence-electron chi connectivity index (χ4n) is 16.6. The van der Waals surface area contributed by atoms with E-state index >= 15 is 0 Å². The summed E-state index contributed by atoms with van der Waals surface area (Å²) in [6.45, 7) is -0.441. The number of carbonyl (C=O) groups is 5. The van der Waals surface area contributed by atoms with Gasteiger partial charge in [0.2, 0.25) is 29.5 Å². The molecule has 0 saturated carbocycles. The van der Waals surface area contributed by atoms with Crippen LogP contribution in [-0.2, 0) is 55.9 Å². The van der Waals surface area contributed by atoms with Gasteiger partial charge in [-0.25, -0.2) is 0 Å². The van der Waals surface area contributed by atoms with Crippen LogP contribution in [0.5, 0.6) is 0 Å². The average Bonchev–Trinajstić information content (AvgIpc) is 0.756. The van der Waals surface area contributed by atoms with Crippen molar-refractivity contribution >= 4 is 58.0 Å². The topological polar surface area (TPSA) is 118 Å². The molecule has 5 amide bonds. The Morgan fingerprint density at radius 2 is 0.464 bits per heavy atom. The van der Waals surface area contributed by atoms with Crippen molar-refractivity contribution in [1.82, 2.24) is 24.5 Å². The first-order valence-electron chi connectivity index (χ1n) is 55.7. The van der Waals surface area contributed by atoms with E-state index in [9.17, 15) is 24.0 Å². The predicted octanol–water partition coefficient (Wildman–Crippen LogP) is 20.7. The molecule has 5 aliphatic heterocycles. The zero-order valence-corrected chi connectivity index (χ0v) is 72.6. The molecule has 15 rings (SSSR count). The Balaban J connectivity index is 0.000000176. The number of benzene rings is 10. The molecule has 0 aromatic heterocycles. The van der Waals surface area contributed by atoms with Gasteiger partial charge >= 0.3 is 0 Å². The first-order chi connectivity index (χ1) is 69.9. The molecular formula is C110H140N10O5. The largest absolute Gasteiger partial charge is 0.309 e. The van der Waals surface area contributed by atoms with Crippen LogP contribution in [0.2, 0.25) is 0 Å². The summed E-state index contributed by atoms with van der Waals surface area (Å²) >= 11 is 0. The molecule has 0 bridgehead atoms. The molecule has 10 aromatic rings. The molecule has 5 aliphatic rings. The van der Waals surface area contributed by atoms with Gasteiger partial charge in [-0.1, -0.05) is 277 Å². The highest BCUT2D eigenvalue weighted by Crippen LogP contribution is 2.31. The number of anilines is 5. The normalized spacial score (nSPS) is 19.7. The van der Waals surface area contributed by atoms with Crippen molar-refractivity contribution in [1.29, 1.82) is 0 Å². The summed E-state index contributed by atoms with van der Waals surface area (Å²) in [7, 11) is 0. The van der Waals surface area contributed by atoms with Crippen LogP contribution in [0.25, 0.3) is 0 Å². The summed E-state index contributed by atoms with van der Waals surface area (Å²) in [6, 6.07) is 92.2. The van der Waals surface area contributed by atoms with Gasteiger partial charge in [-0.15, -0.1) is 0 Å². The number of hydrogen-bond donors (Lipinski definition) is 0. The van der Waals surface area contributed by atoms with E-state index in [0.29, 0.717) is 137 Å². The van der Waals surface area contributed by atoms with Gasteiger partial charge in [0, 0.05) is 220 Å². The summed E-state index contributed by atoms with van der Waals surface area (Å²) < 4.78 is 184. The van der Waals surface area contributed by atoms with Gasteiger partial charge in [0.25, 0.3) is 0 Å². The summed E-state index contributed by atoms with van der Waals surface area (Å²) in [4.78, 5) is 82.2. The Morgan fingerprint density at radius 3 is 0.720 bits per heavy atom. The van der Waals surface area contributed by atoms with E-state index in [1.807, 2.05) is 217 Å². The van der Waals surface area contributed by atoms with Gasteiger partial charge in [-0.2, -0.15) is 0 Å². The van der Waals surface area contributed by atoms with E-state index in [1.54, 1.807) is 86.3 Å². The maximum atomic E-state index is 12.9. The number of carbonyl (C=O) groups excluding carboxylic acids is 5. The van der Waals surface area contributed by atoms with Crippen molar-refractivity contribution in [2.45, 2.75) is 193 Å². The molecule has 5 saturated heterocycles. The first-order valence-corrected chi connectivity index (χ1v) is 44.2. The maximum absolute atomic E-state index is 12.9. The molecule has 0 spiro atoms. The van der Waals surface area contributed by atoms with Crippen LogP contribution in [0.4, 0.5) is 28.4 Å². The second-order valence-corrected chi connectivity index (χ2v) is 31.6. The number of para-hydroxylation sites is 5. The third-order valence-electron chi connectivity index (χ3n) is 23.3. The summed E-state index contributed by atoms with van der Waals surface area (Å²) in [5.41, 5.74) is 7.41. The summed E-state index contributed by atoms with van der Waals surface area (Å²) in [6.07, 6.45) is -2.73. The minimum Gasteiger partial charge on any atom is -0.309 e. The number of aryl methyl sites for hydroxylation is 2. The maximum Gasteiger partial charge on any atom is 0.226 e. The second-order valence-electron chi connectivity index (χ2n) is 31.6. The Kier molecular flexibility index (Phi) is 28.7. The quantitative estimate of drug-likeness (QED) is 0.0431. The van der Waals surface area contributed by atoms with Crippen LogP contribution < -0.4 is 24.5 Å². The van der Waals surface area contributed by atoms with Crippen molar-refractivity contribution < 1.29 is 55.5 Å². The standard InChI is InChI=1S/5C22H28N2O/c5*1-2-22(25)24(20-11-7-4-8-12-20)21-14-17-23(18-15-21)16-13-19-9-5-3-6-10-19/h5*3-12,21H,2,13-18H2,1H3/i2D2,13D2,16D2;2D2,13D2;1D3,16D2;1D3,13D2;1D3. The fraction of sp³-hybridized carbons (Fsp3) is 0.409. The van der Waals surface area contributed by atoms with Crippen LogP contribution in [0.3, 0.4) is 0 Å². The number of rotatable bonds is 30. The van der Waals surface area contributed by atoms with Gasteiger partial charge < -0.3 is 49.0 Å². The number of hydrogen-bond acceptors (Lipinski definition) is 10. The molecule has 15 nitrogen and oxygen atoms in total. The van der Waals surface area contributed by atoms with Crippen LogP contribution in [0, 0.1) is 0 Å². The highest BCUT2D eigenvalue weighted by atomic mass is 16.2. The summed E-state index contributed by atoms with van der Waals surface area (Å²) in [5, 5.41) is 0. The van der Waals surface area contributed by atoms with E-state index in [1.165, 1.54) is 29.2 Å². The van der Waals surface area contributed by atoms with Crippen molar-refractivity contribution in [3.8, 4) is 0 Å². The van der Waals surface area contributed by atoms with E-state index in [4.69, 9.17) is 31.5 Å². The Bertz CT molecular complexity index is 5680. The van der Waals surface area contributed by atoms with Crippen molar-refractivity contribution in [2.24, 2.45) is 0 Å². The average molecular weight is 1710 g/mol. The Hall–Kier alpha value is -10.7. The van der Waals surface area contributed by atoms with Crippen LogP contribution >= 0.6 is 0 Å². The number of piperidine rings is 5. The number of nitrogens with zero attached hydrogens (tertiary/aromatic N) is 10. The summed E-state index contributed by atoms with van der Waals surface area (Å²) in [5.74, 6) is -2.26. The van der Waals surface area contributed by atoms with E-state index < -0.39 is 102 Å². The molecular weight excluding hydrogens is 1540 g/mol. The molecule has 10 aromatic carbocycles. The molecule has 5 fully saturated rings. The fourth-order valence-corrected chi connectivity index (χ4v) is 16.6. The van der Waals surface area contributed by atoms with Gasteiger partial charge in [-0.05, 0) is 185 Å². The lowest BCUT2D eigenvalue weighted by molar-refractivity contribution is -0.119. The third kappa shape index (κ3) is 30.6. The molecule has 0 atom stereocenters. The molecule has 0 N–H and O–H groups in total. The van der Waals surface area contributed by atoms with Crippen molar-refractivity contribution in [3.63, 3.8) is 0 Å². The zero-order valence-electron chi connectivity index (χ0n) is 95.6. The van der Waals surface area contributed by atoms with Crippen molar-refractivity contribution in [3.05, 3.63) is 331 Å². The molecule has 0 aliphatic carbocycles. The SMILES string of the molecule is [2H]C([2H])(C)C(=O)N(c1ccccc1)C1CCN(C([2H])([2H])C([2H])([2H])c2ccccc2)CC1.[2H]C([2H])(C)C(=O)N(c1ccccc1)C1CCN(CC([2H])([2H])c2ccccc2)CC1.[2H]C([2H])([2H])CC(=O)N(c1ccccc1)C1CCN(C([2H])([2H])Cc2ccccc2)CC1.[2H]C([2H])([2H])CC(=O)N(c1ccccc1)C1CCN(CC([2H])([2H])c2ccccc2)CC1.[2H]C([2H])([2H])CC(=O)N(c1ccccc1)C1CCN(CCc2ccccc2)CC1. The van der Waals surface area contributed by atoms with E-state index in [2.05, 4.69) is 39.0 Å². The smallest absolute Gasteiger partial charge is 0.226 e. The lowest BCUT2D eigenvalue weighted by atomic mass is 10.0.